The summed E-state index contributed by atoms with van der Waals surface area (Å²) >= 11 is 7.58. The number of rotatable bonds is 55. The van der Waals surface area contributed by atoms with Gasteiger partial charge >= 0.3 is 54.6 Å². The summed E-state index contributed by atoms with van der Waals surface area (Å²) in [5, 5.41) is 35.6. The second kappa shape index (κ2) is 78.0. The summed E-state index contributed by atoms with van der Waals surface area (Å²) in [7, 11) is 0. The first-order chi connectivity index (χ1) is 66.5. The third-order valence-corrected chi connectivity index (χ3v) is 23.2. The molecule has 0 aromatic heterocycles. The molecule has 0 saturated heterocycles. The zero-order valence-corrected chi connectivity index (χ0v) is 85.8. The molecule has 804 valence electrons. The number of carboxylic acid groups (broad SMARTS) is 1. The smallest absolute Gasteiger partial charge is 0.416 e. The second-order valence-electron chi connectivity index (χ2n) is 32.4. The third kappa shape index (κ3) is 62.9. The SMILES string of the molecule is C.CCCCCC(C(=O)OCC)C(=O)OCC.CCCCCC(CO)COCC.CCCCCC(CO)COc1ccc(C(F)(F)F)cc1.CCCCCC(COc1ccc(C(F)(F)F)cc1)CSc1ccc(OCC(=O)O)c(C)c1.CCCCCC(COc1ccc(C(F)(F)F)cc1)CSc1ccc(OCC(=O)OCC)c(C)c1.CCOC(=O)COc1ccc(S)cc1C.F.Oc1ccc(C(F)(F)F)cc1. The average Bonchev–Trinajstić information content (AvgIpc) is 0.879. The number of hydrogen-bond acceptors (Lipinski definition) is 22. The van der Waals surface area contributed by atoms with E-state index in [1.807, 2.05) is 70.2 Å². The number of aliphatic hydroxyl groups is 2. The van der Waals surface area contributed by atoms with E-state index in [1.165, 1.54) is 55.7 Å². The number of hydrogen-bond donors (Lipinski definition) is 5. The highest BCUT2D eigenvalue weighted by atomic mass is 32.2. The van der Waals surface area contributed by atoms with Crippen LogP contribution < -0.4 is 28.4 Å². The van der Waals surface area contributed by atoms with Crippen molar-refractivity contribution >= 4 is 66.0 Å². The van der Waals surface area contributed by atoms with Gasteiger partial charge in [-0.2, -0.15) is 52.7 Å². The molecule has 0 radical (unpaired) electrons. The highest BCUT2D eigenvalue weighted by molar-refractivity contribution is 7.99. The molecule has 4 N–H and O–H groups in total. The summed E-state index contributed by atoms with van der Waals surface area (Å²) in [4.78, 5) is 59.2. The van der Waals surface area contributed by atoms with Gasteiger partial charge in [-0.05, 0) is 256 Å². The molecule has 0 aliphatic carbocycles. The lowest BCUT2D eigenvalue weighted by atomic mass is 10.0. The quantitative estimate of drug-likeness (QED) is 0.00451. The van der Waals surface area contributed by atoms with E-state index in [2.05, 4.69) is 47.2 Å². The van der Waals surface area contributed by atoms with Crippen molar-refractivity contribution in [1.29, 1.82) is 0 Å². The summed E-state index contributed by atoms with van der Waals surface area (Å²) in [6.07, 6.45) is 3.59. The molecule has 0 aliphatic rings. The Balaban J connectivity index is 0. The normalized spacial score (nSPS) is 11.8. The predicted molar refractivity (Wildman–Crippen MR) is 535 cm³/mol. The van der Waals surface area contributed by atoms with Crippen LogP contribution in [0.3, 0.4) is 0 Å². The van der Waals surface area contributed by atoms with Crippen molar-refractivity contribution < 1.29 is 154 Å². The molecular formula is C106H151F13O20S3. The molecule has 0 bridgehead atoms. The zero-order chi connectivity index (χ0) is 105. The molecule has 7 aromatic rings. The van der Waals surface area contributed by atoms with E-state index < -0.39 is 76.8 Å². The van der Waals surface area contributed by atoms with E-state index >= 15 is 0 Å². The molecule has 0 heterocycles. The van der Waals surface area contributed by atoms with Gasteiger partial charge in [0, 0.05) is 69.7 Å². The number of carboxylic acids is 1. The van der Waals surface area contributed by atoms with Crippen LogP contribution in [0.5, 0.6) is 40.2 Å². The van der Waals surface area contributed by atoms with E-state index in [-0.39, 0.29) is 74.6 Å². The van der Waals surface area contributed by atoms with Gasteiger partial charge in [0.1, 0.15) is 40.2 Å². The Kier molecular flexibility index (Phi) is 73.9. The van der Waals surface area contributed by atoms with Gasteiger partial charge in [-0.3, -0.25) is 14.3 Å². The molecule has 7 aromatic carbocycles. The number of carbonyl (C=O) groups is 5. The standard InChI is InChI=1S/C26H33F3O4S.C24H29F3O4S.C15H21F3O2.C12H22O4.C11H14O3S.C10H22O2.C7H5F3O.CH4.FH/c1-4-6-7-8-20(16-32-22-11-9-21(10-12-22)26(27,28)29)18-34-23-13-14-24(19(3)15-23)33-17-25(30)31-5-2;1-3-4-5-6-18(14-30-20-9-7-19(8-10-20)24(25,26)27)16-32-21-11-12-22(17(2)13-21)31-15-23(28)29;1-2-3-4-5-12(10-19)11-20-14-8-6-13(7-9-14)15(16,17)18;1-4-7-8-9-10(11(13)15-5-2)12(14)16-6-3;1-3-13-11(12)7-14-10-5-4-9(15)6-8(10)2;1-3-5-6-7-10(8-11)9-12-4-2;8-7(9,10)5-1-3-6(11)4-2-5;;/h9-15,20H,4-8,16-18H2,1-3H3;7-13,18H,3-6,14-16H2,1-2H3,(H,28,29);6-9,12,19H,2-5,10-11H2,1H3;10H,4-9H2,1-3H3;4-6,15H,3,7H2,1-2H3;10-11H,3-9H2,1-2H3;1-4,11H;1H4;1H. The number of thioether (sulfide) groups is 2. The lowest BCUT2D eigenvalue weighted by molar-refractivity contribution is -0.162. The van der Waals surface area contributed by atoms with Crippen LogP contribution in [0.15, 0.2) is 166 Å². The Hall–Kier alpha value is -9.49. The van der Waals surface area contributed by atoms with Crippen LogP contribution in [0.2, 0.25) is 0 Å². The summed E-state index contributed by atoms with van der Waals surface area (Å²) in [5.74, 6) is 2.05. The zero-order valence-electron chi connectivity index (χ0n) is 83.3. The van der Waals surface area contributed by atoms with E-state index in [0.29, 0.717) is 93.1 Å². The van der Waals surface area contributed by atoms with Crippen LogP contribution in [-0.2, 0) is 72.4 Å². The molecule has 0 saturated carbocycles. The fourth-order valence-electron chi connectivity index (χ4n) is 12.6. The van der Waals surface area contributed by atoms with Gasteiger partial charge in [0.05, 0.1) is 75.1 Å². The Morgan fingerprint density at radius 2 is 0.641 bits per heavy atom. The topological polar surface area (TPSA) is 268 Å². The minimum absolute atomic E-state index is 0. The Morgan fingerprint density at radius 1 is 0.352 bits per heavy atom. The first kappa shape index (κ1) is 135. The van der Waals surface area contributed by atoms with Crippen LogP contribution in [0.25, 0.3) is 0 Å². The number of alkyl halides is 12. The Bertz CT molecular complexity index is 4440. The average molecular weight is 2090 g/mol. The molecule has 4 unspecified atom stereocenters. The highest BCUT2D eigenvalue weighted by Gasteiger charge is 2.34. The number of phenolic OH excluding ortho intramolecular Hbond substituents is 1. The maximum Gasteiger partial charge on any atom is 0.416 e. The van der Waals surface area contributed by atoms with Gasteiger partial charge in [0.2, 0.25) is 0 Å². The number of esters is 4. The molecule has 0 spiro atoms. The van der Waals surface area contributed by atoms with Crippen molar-refractivity contribution in [3.05, 3.63) is 191 Å². The first-order valence-electron chi connectivity index (χ1n) is 47.6. The van der Waals surface area contributed by atoms with Crippen LogP contribution in [0.4, 0.5) is 57.4 Å². The van der Waals surface area contributed by atoms with Crippen molar-refractivity contribution in [2.45, 2.75) is 265 Å². The third-order valence-electron chi connectivity index (χ3n) is 20.4. The van der Waals surface area contributed by atoms with Crippen LogP contribution in [0.1, 0.15) is 244 Å². The van der Waals surface area contributed by atoms with Crippen molar-refractivity contribution in [2.75, 3.05) is 104 Å². The van der Waals surface area contributed by atoms with Crippen LogP contribution in [-0.4, -0.2) is 154 Å². The Labute approximate surface area is 845 Å². The van der Waals surface area contributed by atoms with Crippen LogP contribution >= 0.6 is 36.2 Å². The fraction of sp³-hybridized carbons (Fsp3) is 0.557. The molecule has 7 rings (SSSR count). The number of aliphatic hydroxyl groups excluding tert-OH is 2. The molecule has 4 atom stereocenters. The number of phenols is 1. The molecule has 0 fully saturated rings. The number of ether oxygens (including phenoxy) is 11. The minimum Gasteiger partial charge on any atom is -0.508 e. The highest BCUT2D eigenvalue weighted by Crippen LogP contribution is 2.37. The molecular weight excluding hydrogens is 1940 g/mol. The van der Waals surface area contributed by atoms with E-state index in [1.54, 1.807) is 63.4 Å². The van der Waals surface area contributed by atoms with Gasteiger partial charge in [0.15, 0.2) is 25.7 Å². The number of aliphatic carboxylic acids is 1. The Morgan fingerprint density at radius 3 is 0.930 bits per heavy atom. The number of carbonyl (C=O) groups excluding carboxylic acids is 4. The number of aryl methyl sites for hydroxylation is 3. The van der Waals surface area contributed by atoms with Gasteiger partial charge in [-0.1, -0.05) is 138 Å². The van der Waals surface area contributed by atoms with E-state index in [4.69, 9.17) is 67.4 Å². The van der Waals surface area contributed by atoms with Crippen molar-refractivity contribution in [1.82, 2.24) is 0 Å². The largest absolute Gasteiger partial charge is 0.508 e. The van der Waals surface area contributed by atoms with Crippen molar-refractivity contribution in [2.24, 2.45) is 29.6 Å². The van der Waals surface area contributed by atoms with Crippen molar-refractivity contribution in [3.63, 3.8) is 0 Å². The summed E-state index contributed by atoms with van der Waals surface area (Å²) in [6.45, 7) is 29.0. The molecule has 36 heteroatoms. The van der Waals surface area contributed by atoms with Gasteiger partial charge in [-0.15, -0.1) is 36.2 Å². The number of halogens is 13. The van der Waals surface area contributed by atoms with Gasteiger partial charge in [0.25, 0.3) is 0 Å². The lowest BCUT2D eigenvalue weighted by Crippen LogP contribution is -2.28. The van der Waals surface area contributed by atoms with Gasteiger partial charge < -0.3 is 72.5 Å². The first-order valence-corrected chi connectivity index (χ1v) is 50.0. The van der Waals surface area contributed by atoms with Crippen molar-refractivity contribution in [3.8, 4) is 40.2 Å². The van der Waals surface area contributed by atoms with E-state index in [0.717, 1.165) is 219 Å². The molecule has 0 amide bonds. The molecule has 142 heavy (non-hydrogen) atoms. The number of thiol groups is 1. The van der Waals surface area contributed by atoms with Gasteiger partial charge in [-0.25, -0.2) is 14.4 Å². The lowest BCUT2D eigenvalue weighted by Gasteiger charge is -2.18. The predicted octanol–water partition coefficient (Wildman–Crippen LogP) is 28.4. The molecule has 20 nitrogen and oxygen atoms in total. The summed E-state index contributed by atoms with van der Waals surface area (Å²) in [6, 6.07) is 34.8. The van der Waals surface area contributed by atoms with Crippen LogP contribution in [0, 0.1) is 50.4 Å². The maximum absolute atomic E-state index is 12.8. The maximum atomic E-state index is 12.8. The number of aromatic hydroxyl groups is 1. The fourth-order valence-corrected chi connectivity index (χ4v) is 15.1. The summed E-state index contributed by atoms with van der Waals surface area (Å²) in [5.41, 5.74) is -0.0720. The monoisotopic (exact) mass is 2090 g/mol. The molecule has 0 aliphatic heterocycles. The summed E-state index contributed by atoms with van der Waals surface area (Å²) < 4.78 is 207. The minimum atomic E-state index is -4.36. The van der Waals surface area contributed by atoms with E-state index in [9.17, 15) is 81.8 Å². The number of unbranched alkanes of at least 4 members (excludes halogenated alkanes) is 10. The second-order valence-corrected chi connectivity index (χ2v) is 35.1. The number of benzene rings is 7.